The van der Waals surface area contributed by atoms with Crippen molar-refractivity contribution in [3.63, 3.8) is 0 Å². The molecule has 1 amide bonds. The maximum absolute atomic E-state index is 12.0. The SMILES string of the molecule is Cc1ccc(C(=O)N=C(COP(=O)(O)Nc2ccccc2)C(=O)O)cc1. The van der Waals surface area contributed by atoms with E-state index < -0.39 is 31.9 Å². The van der Waals surface area contributed by atoms with E-state index >= 15 is 0 Å². The van der Waals surface area contributed by atoms with Crippen LogP contribution in [-0.4, -0.2) is 34.2 Å². The Labute approximate surface area is 149 Å². The molecule has 2 aromatic rings. The summed E-state index contributed by atoms with van der Waals surface area (Å²) in [5, 5.41) is 11.4. The summed E-state index contributed by atoms with van der Waals surface area (Å²) >= 11 is 0. The molecule has 1 atom stereocenters. The Morgan fingerprint density at radius 2 is 1.73 bits per heavy atom. The van der Waals surface area contributed by atoms with Gasteiger partial charge in [-0.15, -0.1) is 0 Å². The van der Waals surface area contributed by atoms with Gasteiger partial charge in [0, 0.05) is 11.3 Å². The first-order valence-electron chi connectivity index (χ1n) is 7.49. The fraction of sp³-hybridized carbons (Fsp3) is 0.118. The number of anilines is 1. The molecule has 0 aliphatic heterocycles. The molecule has 3 N–H and O–H groups in total. The molecule has 136 valence electrons. The van der Waals surface area contributed by atoms with Crippen LogP contribution in [-0.2, 0) is 13.9 Å². The van der Waals surface area contributed by atoms with Crippen LogP contribution in [0.3, 0.4) is 0 Å². The van der Waals surface area contributed by atoms with Crippen molar-refractivity contribution in [3.05, 3.63) is 65.7 Å². The number of aliphatic carboxylic acids is 1. The van der Waals surface area contributed by atoms with Gasteiger partial charge in [0.2, 0.25) is 0 Å². The molecule has 1 unspecified atom stereocenters. The summed E-state index contributed by atoms with van der Waals surface area (Å²) in [7, 11) is -4.34. The van der Waals surface area contributed by atoms with Gasteiger partial charge in [0.15, 0.2) is 5.71 Å². The maximum atomic E-state index is 12.0. The van der Waals surface area contributed by atoms with E-state index in [0.717, 1.165) is 5.56 Å². The zero-order chi connectivity index (χ0) is 19.2. The summed E-state index contributed by atoms with van der Waals surface area (Å²) in [6, 6.07) is 14.5. The normalized spacial score (nSPS) is 13.7. The first-order chi connectivity index (χ1) is 12.3. The number of para-hydroxylation sites is 1. The zero-order valence-electron chi connectivity index (χ0n) is 13.8. The summed E-state index contributed by atoms with van der Waals surface area (Å²) in [4.78, 5) is 36.5. The van der Waals surface area contributed by atoms with E-state index in [1.54, 1.807) is 42.5 Å². The third-order valence-corrected chi connectivity index (χ3v) is 4.22. The van der Waals surface area contributed by atoms with Gasteiger partial charge in [0.1, 0.15) is 6.61 Å². The third kappa shape index (κ3) is 5.93. The average molecular weight is 376 g/mol. The van der Waals surface area contributed by atoms with Crippen LogP contribution in [0.2, 0.25) is 0 Å². The lowest BCUT2D eigenvalue weighted by Crippen LogP contribution is -2.21. The van der Waals surface area contributed by atoms with Gasteiger partial charge < -0.3 is 10.00 Å². The highest BCUT2D eigenvalue weighted by atomic mass is 31.2. The van der Waals surface area contributed by atoms with Crippen LogP contribution < -0.4 is 5.09 Å². The molecule has 0 aliphatic rings. The van der Waals surface area contributed by atoms with Crippen LogP contribution in [0, 0.1) is 6.92 Å². The molecule has 0 bridgehead atoms. The van der Waals surface area contributed by atoms with Crippen molar-refractivity contribution in [3.8, 4) is 0 Å². The molecular formula is C17H17N2O6P. The predicted molar refractivity (Wildman–Crippen MR) is 96.4 cm³/mol. The summed E-state index contributed by atoms with van der Waals surface area (Å²) in [6.07, 6.45) is 0. The number of carbonyl (C=O) groups is 2. The molecule has 0 spiro atoms. The topological polar surface area (TPSA) is 125 Å². The number of nitrogens with zero attached hydrogens (tertiary/aromatic N) is 1. The molecule has 0 saturated heterocycles. The number of rotatable bonds is 7. The molecule has 2 aromatic carbocycles. The van der Waals surface area contributed by atoms with Crippen LogP contribution in [0.1, 0.15) is 15.9 Å². The molecule has 0 saturated carbocycles. The van der Waals surface area contributed by atoms with E-state index in [1.165, 1.54) is 12.1 Å². The lowest BCUT2D eigenvalue weighted by molar-refractivity contribution is -0.129. The summed E-state index contributed by atoms with van der Waals surface area (Å²) in [5.74, 6) is -2.31. The Morgan fingerprint density at radius 3 is 2.31 bits per heavy atom. The number of aliphatic imine (C=N–C) groups is 1. The minimum Gasteiger partial charge on any atom is -0.477 e. The molecule has 0 heterocycles. The largest absolute Gasteiger partial charge is 0.477 e. The maximum Gasteiger partial charge on any atom is 0.430 e. The van der Waals surface area contributed by atoms with E-state index in [2.05, 4.69) is 10.1 Å². The first kappa shape index (κ1) is 19.5. The van der Waals surface area contributed by atoms with Crippen LogP contribution in [0.15, 0.2) is 59.6 Å². The second kappa shape index (κ2) is 8.53. The fourth-order valence-corrected chi connectivity index (χ4v) is 2.72. The lowest BCUT2D eigenvalue weighted by Gasteiger charge is -2.14. The number of hydrogen-bond donors (Lipinski definition) is 3. The van der Waals surface area contributed by atoms with E-state index in [0.29, 0.717) is 5.69 Å². The van der Waals surface area contributed by atoms with E-state index in [1.807, 2.05) is 6.92 Å². The highest BCUT2D eigenvalue weighted by molar-refractivity contribution is 7.54. The van der Waals surface area contributed by atoms with Crippen LogP contribution in [0.5, 0.6) is 0 Å². The Kier molecular flexibility index (Phi) is 6.41. The van der Waals surface area contributed by atoms with Gasteiger partial charge in [-0.3, -0.25) is 14.4 Å². The van der Waals surface area contributed by atoms with Crippen molar-refractivity contribution in [2.45, 2.75) is 6.92 Å². The Hall–Kier alpha value is -2.80. The van der Waals surface area contributed by atoms with Gasteiger partial charge >= 0.3 is 13.7 Å². The van der Waals surface area contributed by atoms with Crippen molar-refractivity contribution in [1.82, 2.24) is 0 Å². The molecule has 2 rings (SSSR count). The van der Waals surface area contributed by atoms with Crippen molar-refractivity contribution >= 4 is 31.0 Å². The lowest BCUT2D eigenvalue weighted by atomic mass is 10.1. The van der Waals surface area contributed by atoms with Gasteiger partial charge in [-0.2, -0.15) is 0 Å². The summed E-state index contributed by atoms with van der Waals surface area (Å²) in [5.41, 5.74) is 0.770. The van der Waals surface area contributed by atoms with Crippen LogP contribution in [0.25, 0.3) is 0 Å². The van der Waals surface area contributed by atoms with Crippen LogP contribution in [0.4, 0.5) is 5.69 Å². The van der Waals surface area contributed by atoms with Gasteiger partial charge in [-0.05, 0) is 31.2 Å². The van der Waals surface area contributed by atoms with Crippen molar-refractivity contribution in [2.24, 2.45) is 4.99 Å². The van der Waals surface area contributed by atoms with E-state index in [-0.39, 0.29) is 5.56 Å². The highest BCUT2D eigenvalue weighted by Crippen LogP contribution is 2.41. The molecule has 0 radical (unpaired) electrons. The fourth-order valence-electron chi connectivity index (χ4n) is 1.88. The Bertz CT molecular complexity index is 865. The number of nitrogens with one attached hydrogen (secondary N) is 1. The molecule has 0 fully saturated rings. The Balaban J connectivity index is 2.07. The standard InChI is InChI=1S/C17H17N2O6P/c1-12-7-9-13(10-8-12)16(20)18-15(17(21)22)11-25-26(23,24)19-14-5-3-2-4-6-14/h2-10H,11H2,1H3,(H,21,22)(H2,19,23,24). The average Bonchev–Trinajstić information content (AvgIpc) is 2.59. The Morgan fingerprint density at radius 1 is 1.12 bits per heavy atom. The number of hydrogen-bond acceptors (Lipinski definition) is 4. The number of benzene rings is 2. The minimum absolute atomic E-state index is 0.198. The van der Waals surface area contributed by atoms with Crippen molar-refractivity contribution in [2.75, 3.05) is 11.7 Å². The first-order valence-corrected chi connectivity index (χ1v) is 9.07. The quantitative estimate of drug-likeness (QED) is 0.501. The number of carboxylic acid groups (broad SMARTS) is 1. The summed E-state index contributed by atoms with van der Waals surface area (Å²) < 4.78 is 16.7. The van der Waals surface area contributed by atoms with Crippen LogP contribution >= 0.6 is 7.75 Å². The number of aryl methyl sites for hydroxylation is 1. The van der Waals surface area contributed by atoms with E-state index in [4.69, 9.17) is 9.63 Å². The minimum atomic E-state index is -4.34. The number of carbonyl (C=O) groups excluding carboxylic acids is 1. The second-order valence-electron chi connectivity index (χ2n) is 5.31. The monoisotopic (exact) mass is 376 g/mol. The summed E-state index contributed by atoms with van der Waals surface area (Å²) in [6.45, 7) is 1.02. The molecule has 0 aliphatic carbocycles. The highest BCUT2D eigenvalue weighted by Gasteiger charge is 2.23. The third-order valence-electron chi connectivity index (χ3n) is 3.20. The van der Waals surface area contributed by atoms with Gasteiger partial charge in [-0.1, -0.05) is 35.9 Å². The molecule has 26 heavy (non-hydrogen) atoms. The van der Waals surface area contributed by atoms with Gasteiger partial charge in [0.25, 0.3) is 5.91 Å². The molecule has 9 heteroatoms. The van der Waals surface area contributed by atoms with Gasteiger partial charge in [0.05, 0.1) is 0 Å². The van der Waals surface area contributed by atoms with Gasteiger partial charge in [-0.25, -0.2) is 14.4 Å². The number of amides is 1. The molecule has 0 aromatic heterocycles. The predicted octanol–water partition coefficient (Wildman–Crippen LogP) is 2.89. The van der Waals surface area contributed by atoms with E-state index in [9.17, 15) is 19.0 Å². The van der Waals surface area contributed by atoms with Crippen molar-refractivity contribution in [1.29, 1.82) is 0 Å². The van der Waals surface area contributed by atoms with Crippen molar-refractivity contribution < 1.29 is 28.7 Å². The smallest absolute Gasteiger partial charge is 0.430 e. The zero-order valence-corrected chi connectivity index (χ0v) is 14.7. The molecule has 8 nitrogen and oxygen atoms in total. The molecular weight excluding hydrogens is 359 g/mol. The number of carboxylic acids is 1. The second-order valence-corrected chi connectivity index (χ2v) is 6.83.